The van der Waals surface area contributed by atoms with E-state index < -0.39 is 11.6 Å². The first-order chi connectivity index (χ1) is 55.3. The van der Waals surface area contributed by atoms with Crippen LogP contribution in [0, 0.1) is 73.3 Å². The van der Waals surface area contributed by atoms with Gasteiger partial charge in [0.1, 0.15) is 47.8 Å². The van der Waals surface area contributed by atoms with Crippen LogP contribution < -0.4 is 4.74 Å². The molecule has 21 nitrogen and oxygen atoms in total. The SMILES string of the molecule is COc1cc(C(=O)N(CCc2ccc(C)cc2)Cc2nncn2Cc2ccc(C#N)cc2)nc2ccccc12.Cc1ccc(C(=O)N(CCc2ccc(Br)cc2)Cc2nncn2Cc2ccc(C#N)cc2)o1.Cc1ccc(Cl)c(-c2cc(C(=O)N(Cc3ccc(F)cc3F)Cc3nncn3Cc3ccc(C#N)cc3)ccc2C)c1. The number of carbonyl (C=O) groups excluding carboxylic acids is 3. The Morgan fingerprint density at radius 1 is 0.509 bits per heavy atom. The first-order valence-corrected chi connectivity index (χ1v) is 37.5. The van der Waals surface area contributed by atoms with Gasteiger partial charge in [0.05, 0.1) is 86.8 Å². The van der Waals surface area contributed by atoms with E-state index >= 15 is 0 Å². The van der Waals surface area contributed by atoms with Gasteiger partial charge in [-0.15, -0.1) is 30.6 Å². The first kappa shape index (κ1) is 79.9. The molecule has 0 spiro atoms. The van der Waals surface area contributed by atoms with Gasteiger partial charge in [-0.2, -0.15) is 15.8 Å². The Balaban J connectivity index is 0.000000159. The van der Waals surface area contributed by atoms with E-state index in [2.05, 4.69) is 101 Å². The number of carbonyl (C=O) groups is 3. The number of amides is 3. The number of fused-ring (bicyclic) bond motifs is 1. The highest BCUT2D eigenvalue weighted by molar-refractivity contribution is 9.10. The van der Waals surface area contributed by atoms with Crippen LogP contribution >= 0.6 is 27.5 Å². The fourth-order valence-corrected chi connectivity index (χ4v) is 13.1. The summed E-state index contributed by atoms with van der Waals surface area (Å²) in [6.07, 6.45) is 6.25. The number of benzene rings is 9. The van der Waals surface area contributed by atoms with Crippen LogP contribution in [0.2, 0.25) is 5.02 Å². The summed E-state index contributed by atoms with van der Waals surface area (Å²) < 4.78 is 46.2. The molecule has 0 saturated heterocycles. The van der Waals surface area contributed by atoms with Crippen LogP contribution in [0.5, 0.6) is 5.75 Å². The smallest absolute Gasteiger partial charge is 0.289 e. The van der Waals surface area contributed by atoms with Crippen LogP contribution in [-0.2, 0) is 58.7 Å². The average Bonchev–Trinajstić information content (AvgIpc) is 0.956. The van der Waals surface area contributed by atoms with Crippen molar-refractivity contribution in [2.45, 2.75) is 86.3 Å². The second-order valence-corrected chi connectivity index (χ2v) is 28.5. The predicted octanol–water partition coefficient (Wildman–Crippen LogP) is 17.0. The lowest BCUT2D eigenvalue weighted by Gasteiger charge is -2.24. The Morgan fingerprint density at radius 3 is 1.52 bits per heavy atom. The largest absolute Gasteiger partial charge is 0.496 e. The van der Waals surface area contributed by atoms with E-state index in [0.717, 1.165) is 72.1 Å². The summed E-state index contributed by atoms with van der Waals surface area (Å²) in [6, 6.07) is 71.8. The van der Waals surface area contributed by atoms with E-state index in [0.29, 0.717) is 125 Å². The van der Waals surface area contributed by atoms with Crippen molar-refractivity contribution < 1.29 is 32.3 Å². The van der Waals surface area contributed by atoms with Crippen LogP contribution in [0.1, 0.15) is 121 Å². The molecule has 0 atom stereocenters. The van der Waals surface area contributed by atoms with Gasteiger partial charge in [0, 0.05) is 63.3 Å². The fourth-order valence-electron chi connectivity index (χ4n) is 12.6. The highest BCUT2D eigenvalue weighted by Gasteiger charge is 2.27. The molecule has 9 aromatic carbocycles. The maximum Gasteiger partial charge on any atom is 0.289 e. The van der Waals surface area contributed by atoms with Gasteiger partial charge in [-0.3, -0.25) is 14.4 Å². The van der Waals surface area contributed by atoms with E-state index in [4.69, 9.17) is 36.5 Å². The maximum absolute atomic E-state index is 14.8. The number of halogens is 4. The summed E-state index contributed by atoms with van der Waals surface area (Å²) in [5.74, 6) is 1.20. The average molecular weight is 1600 g/mol. The number of nitriles is 3. The number of rotatable bonds is 25. The number of aromatic nitrogens is 10. The standard InChI is InChI=1S/C33H26ClF2N5O.C31H28N6O2.C25H22BrN5O2/c1-21-3-12-30(34)29(13-21)28-14-25(9-4-22(28)2)33(42)40(18-26-10-11-27(35)15-31(26)36)19-32-39-38-20-41(32)17-24-7-5-23(16-37)6-8-24;1-22-7-9-23(10-8-22)15-16-36(31(38)28-17-29(39-2)26-5-3-4-6-27(26)34-28)20-30-35-33-21-37(30)19-25-13-11-24(18-32)12-14-25;1-18-2-11-23(33-18)25(32)30(13-12-19-7-9-22(26)10-8-19)16-24-29-28-17-31(24)15-21-5-3-20(14-27)4-6-21/h3-15,20H,17-19H2,1-2H3;3-14,17,21H,15-16,19-20H2,1-2H3;2-11,17H,12-13,15-16H2,1H3. The Morgan fingerprint density at radius 2 is 1.01 bits per heavy atom. The van der Waals surface area contributed by atoms with Crippen molar-refractivity contribution in [2.75, 3.05) is 20.2 Å². The number of furan rings is 1. The van der Waals surface area contributed by atoms with E-state index in [1.807, 2.05) is 139 Å². The summed E-state index contributed by atoms with van der Waals surface area (Å²) in [5, 5.41) is 53.6. The molecule has 0 aliphatic carbocycles. The van der Waals surface area contributed by atoms with Crippen molar-refractivity contribution in [1.82, 2.24) is 64.0 Å². The first-order valence-electron chi connectivity index (χ1n) is 36.3. The van der Waals surface area contributed by atoms with Crippen molar-refractivity contribution in [3.05, 3.63) is 366 Å². The van der Waals surface area contributed by atoms with Gasteiger partial charge in [0.15, 0.2) is 23.2 Å². The van der Waals surface area contributed by atoms with Crippen LogP contribution in [0.25, 0.3) is 22.0 Å². The number of nitrogens with zero attached hydrogens (tertiary/aromatic N) is 16. The third-order valence-electron chi connectivity index (χ3n) is 19.0. The van der Waals surface area contributed by atoms with Crippen molar-refractivity contribution in [3.8, 4) is 35.1 Å². The molecule has 0 bridgehead atoms. The molecular weight excluding hydrogens is 1530 g/mol. The number of methoxy groups -OCH3 is 1. The molecule has 0 saturated carbocycles. The lowest BCUT2D eigenvalue weighted by molar-refractivity contribution is 0.0702. The third-order valence-corrected chi connectivity index (χ3v) is 19.8. The van der Waals surface area contributed by atoms with Crippen LogP contribution in [-0.4, -0.2) is 102 Å². The minimum atomic E-state index is -0.747. The molecule has 5 heterocycles. The summed E-state index contributed by atoms with van der Waals surface area (Å²) in [5.41, 5.74) is 13.3. The lowest BCUT2D eigenvalue weighted by atomic mass is 9.96. The molecule has 0 aliphatic heterocycles. The minimum absolute atomic E-state index is 0.0142. The molecule has 5 aromatic heterocycles. The van der Waals surface area contributed by atoms with Gasteiger partial charge in [0.2, 0.25) is 0 Å². The normalized spacial score (nSPS) is 10.8. The van der Waals surface area contributed by atoms with E-state index in [9.17, 15) is 23.2 Å². The van der Waals surface area contributed by atoms with Crippen molar-refractivity contribution in [3.63, 3.8) is 0 Å². The molecular formula is C89H76BrClF2N16O5. The molecule has 14 aromatic rings. The van der Waals surface area contributed by atoms with E-state index in [1.165, 1.54) is 16.5 Å². The molecule has 0 radical (unpaired) electrons. The van der Waals surface area contributed by atoms with Gasteiger partial charge < -0.3 is 37.6 Å². The highest BCUT2D eigenvalue weighted by Crippen LogP contribution is 2.34. The Kier molecular flexibility index (Phi) is 26.6. The molecule has 14 rings (SSSR count). The minimum Gasteiger partial charge on any atom is -0.496 e. The summed E-state index contributed by atoms with van der Waals surface area (Å²) in [4.78, 5) is 50.8. The quantitative estimate of drug-likeness (QED) is 0.0515. The number of para-hydroxylation sites is 1. The molecule has 3 amide bonds. The molecule has 114 heavy (non-hydrogen) atoms. The number of pyridine rings is 1. The Bertz CT molecular complexity index is 5850. The zero-order chi connectivity index (χ0) is 80.2. The summed E-state index contributed by atoms with van der Waals surface area (Å²) in [6.45, 7) is 10.7. The summed E-state index contributed by atoms with van der Waals surface area (Å²) in [7, 11) is 1.59. The van der Waals surface area contributed by atoms with Gasteiger partial charge in [0.25, 0.3) is 17.7 Å². The second-order valence-electron chi connectivity index (χ2n) is 27.2. The second kappa shape index (κ2) is 37.9. The third kappa shape index (κ3) is 20.9. The van der Waals surface area contributed by atoms with Crippen LogP contribution in [0.4, 0.5) is 8.78 Å². The molecule has 25 heteroatoms. The number of hydrogen-bond acceptors (Lipinski definition) is 15. The maximum atomic E-state index is 14.8. The Hall–Kier alpha value is -13.6. The number of aryl methyl sites for hydroxylation is 4. The molecule has 0 N–H and O–H groups in total. The number of hydrogen-bond donors (Lipinski definition) is 0. The van der Waals surface area contributed by atoms with Gasteiger partial charge in [-0.1, -0.05) is 142 Å². The number of ether oxygens (including phenoxy) is 1. The van der Waals surface area contributed by atoms with Crippen molar-refractivity contribution >= 4 is 56.2 Å². The summed E-state index contributed by atoms with van der Waals surface area (Å²) >= 11 is 9.98. The van der Waals surface area contributed by atoms with E-state index in [1.54, 1.807) is 107 Å². The fraction of sp³-hybridized carbons (Fsp3) is 0.180. The Labute approximate surface area is 671 Å². The molecule has 0 fully saturated rings. The molecule has 0 aliphatic rings. The topological polar surface area (TPSA) is 260 Å². The zero-order valence-corrected chi connectivity index (χ0v) is 65.3. The van der Waals surface area contributed by atoms with Gasteiger partial charge in [-0.25, -0.2) is 13.8 Å². The van der Waals surface area contributed by atoms with Crippen molar-refractivity contribution in [2.24, 2.45) is 0 Å². The van der Waals surface area contributed by atoms with Crippen molar-refractivity contribution in [1.29, 1.82) is 15.8 Å². The van der Waals surface area contributed by atoms with Crippen LogP contribution in [0.3, 0.4) is 0 Å². The zero-order valence-electron chi connectivity index (χ0n) is 63.0. The predicted molar refractivity (Wildman–Crippen MR) is 431 cm³/mol. The highest BCUT2D eigenvalue weighted by atomic mass is 79.9. The van der Waals surface area contributed by atoms with E-state index in [-0.39, 0.29) is 42.9 Å². The van der Waals surface area contributed by atoms with Crippen LogP contribution in [0.15, 0.2) is 246 Å². The monoisotopic (exact) mass is 1600 g/mol. The van der Waals surface area contributed by atoms with Gasteiger partial charge in [-0.05, 0) is 183 Å². The molecule has 0 unspecified atom stereocenters. The lowest BCUT2D eigenvalue weighted by Crippen LogP contribution is -2.34. The molecule has 570 valence electrons. The van der Waals surface area contributed by atoms with Gasteiger partial charge >= 0.3 is 0 Å².